The molecule has 0 aromatic carbocycles. The molecule has 4 aliphatic carbocycles. The molecule has 0 saturated heterocycles. The lowest BCUT2D eigenvalue weighted by molar-refractivity contribution is -0.205. The summed E-state index contributed by atoms with van der Waals surface area (Å²) in [5.74, 6) is -0.0349. The van der Waals surface area contributed by atoms with Crippen molar-refractivity contribution >= 4 is 5.97 Å². The second-order valence-electron chi connectivity index (χ2n) is 11.5. The van der Waals surface area contributed by atoms with E-state index in [1.165, 1.54) is 19.4 Å². The van der Waals surface area contributed by atoms with Crippen molar-refractivity contribution < 1.29 is 24.2 Å². The molecular weight excluding hydrogens is 408 g/mol. The number of hydrogen-bond donors (Lipinski definition) is 2. The Hall–Kier alpha value is -1.66. The van der Waals surface area contributed by atoms with Crippen LogP contribution in [0.25, 0.3) is 0 Å². The summed E-state index contributed by atoms with van der Waals surface area (Å²) in [6.45, 7) is 4.50. The molecule has 4 aliphatic rings. The van der Waals surface area contributed by atoms with Gasteiger partial charge >= 0.3 is 11.6 Å². The standard InChI is InChI=1S/C26H36O6/c1-24-10-8-17(27)12-16(24)5-6-20-19(24)9-11-25(2)22(15-4-7-21(28)32-14-15)18(23(29)31-3)13-26(20,25)30/h4,7,14,16-20,22,27,30H,5-6,8-13H2,1-3H3/t16-,17+,18+,19+,20-,22+,24+,25-,26-/m1/s1. The summed E-state index contributed by atoms with van der Waals surface area (Å²) in [6, 6.07) is 3.14. The highest BCUT2D eigenvalue weighted by molar-refractivity contribution is 5.75. The maximum absolute atomic E-state index is 12.9. The molecule has 0 spiro atoms. The Morgan fingerprint density at radius 1 is 1.12 bits per heavy atom. The summed E-state index contributed by atoms with van der Waals surface area (Å²) in [4.78, 5) is 24.5. The third-order valence-corrected chi connectivity index (χ3v) is 10.4. The first-order valence-corrected chi connectivity index (χ1v) is 12.2. The van der Waals surface area contributed by atoms with E-state index >= 15 is 0 Å². The highest BCUT2D eigenvalue weighted by Gasteiger charge is 2.70. The van der Waals surface area contributed by atoms with Crippen LogP contribution in [0.5, 0.6) is 0 Å². The van der Waals surface area contributed by atoms with Crippen molar-refractivity contribution in [3.05, 3.63) is 34.4 Å². The summed E-state index contributed by atoms with van der Waals surface area (Å²) in [5, 5.41) is 22.7. The van der Waals surface area contributed by atoms with Crippen molar-refractivity contribution in [2.24, 2.45) is 34.5 Å². The smallest absolute Gasteiger partial charge is 0.335 e. The van der Waals surface area contributed by atoms with E-state index in [0.29, 0.717) is 18.3 Å². The van der Waals surface area contributed by atoms with Gasteiger partial charge in [-0.2, -0.15) is 0 Å². The third-order valence-electron chi connectivity index (χ3n) is 10.4. The van der Waals surface area contributed by atoms with E-state index in [2.05, 4.69) is 13.8 Å². The number of methoxy groups -OCH3 is 1. The Bertz CT molecular complexity index is 935. The van der Waals surface area contributed by atoms with Gasteiger partial charge in [0.25, 0.3) is 0 Å². The van der Waals surface area contributed by atoms with Crippen LogP contribution in [0.1, 0.15) is 76.7 Å². The molecule has 6 nitrogen and oxygen atoms in total. The van der Waals surface area contributed by atoms with E-state index in [0.717, 1.165) is 50.5 Å². The third kappa shape index (κ3) is 2.91. The highest BCUT2D eigenvalue weighted by atomic mass is 16.5. The molecule has 32 heavy (non-hydrogen) atoms. The van der Waals surface area contributed by atoms with Crippen LogP contribution in [0.4, 0.5) is 0 Å². The lowest BCUT2D eigenvalue weighted by Gasteiger charge is -2.63. The quantitative estimate of drug-likeness (QED) is 0.676. The fourth-order valence-electron chi connectivity index (χ4n) is 8.80. The zero-order valence-electron chi connectivity index (χ0n) is 19.4. The number of aliphatic hydroxyl groups excluding tert-OH is 1. The molecule has 0 bridgehead atoms. The van der Waals surface area contributed by atoms with Gasteiger partial charge < -0.3 is 19.4 Å². The average Bonchev–Trinajstić information content (AvgIpc) is 3.02. The zero-order chi connectivity index (χ0) is 22.9. The van der Waals surface area contributed by atoms with E-state index < -0.39 is 22.6 Å². The summed E-state index contributed by atoms with van der Waals surface area (Å²) >= 11 is 0. The number of aliphatic hydroxyl groups is 2. The fourth-order valence-corrected chi connectivity index (χ4v) is 8.80. The van der Waals surface area contributed by atoms with Gasteiger partial charge in [0.05, 0.1) is 31.0 Å². The summed E-state index contributed by atoms with van der Waals surface area (Å²) < 4.78 is 10.4. The van der Waals surface area contributed by atoms with Gasteiger partial charge in [-0.15, -0.1) is 0 Å². The summed E-state index contributed by atoms with van der Waals surface area (Å²) in [5.41, 5.74) is -1.00. The van der Waals surface area contributed by atoms with E-state index in [4.69, 9.17) is 9.15 Å². The maximum atomic E-state index is 12.9. The van der Waals surface area contributed by atoms with Crippen molar-refractivity contribution in [3.63, 3.8) is 0 Å². The van der Waals surface area contributed by atoms with E-state index in [-0.39, 0.29) is 29.3 Å². The zero-order valence-corrected chi connectivity index (χ0v) is 19.4. The van der Waals surface area contributed by atoms with Crippen LogP contribution in [0.3, 0.4) is 0 Å². The van der Waals surface area contributed by atoms with Crippen molar-refractivity contribution in [2.45, 2.75) is 82.8 Å². The second-order valence-corrected chi connectivity index (χ2v) is 11.5. The number of rotatable bonds is 2. The lowest BCUT2D eigenvalue weighted by Crippen LogP contribution is -2.62. The van der Waals surface area contributed by atoms with Crippen LogP contribution in [-0.4, -0.2) is 35.0 Å². The predicted molar refractivity (Wildman–Crippen MR) is 118 cm³/mol. The van der Waals surface area contributed by atoms with Gasteiger partial charge in [-0.1, -0.05) is 13.8 Å². The molecule has 2 N–H and O–H groups in total. The number of esters is 1. The molecule has 0 radical (unpaired) electrons. The number of fused-ring (bicyclic) bond motifs is 5. The van der Waals surface area contributed by atoms with Crippen molar-refractivity contribution in [1.82, 2.24) is 0 Å². The molecule has 5 rings (SSSR count). The normalized spacial score (nSPS) is 47.8. The Labute approximate surface area is 189 Å². The van der Waals surface area contributed by atoms with Crippen LogP contribution in [-0.2, 0) is 9.53 Å². The van der Waals surface area contributed by atoms with Crippen LogP contribution >= 0.6 is 0 Å². The minimum Gasteiger partial charge on any atom is -0.469 e. The predicted octanol–water partition coefficient (Wildman–Crippen LogP) is 3.64. The molecule has 0 unspecified atom stereocenters. The Morgan fingerprint density at radius 3 is 2.59 bits per heavy atom. The summed E-state index contributed by atoms with van der Waals surface area (Å²) in [7, 11) is 1.40. The van der Waals surface area contributed by atoms with Crippen LogP contribution < -0.4 is 5.63 Å². The monoisotopic (exact) mass is 444 g/mol. The van der Waals surface area contributed by atoms with Gasteiger partial charge in [0.15, 0.2) is 0 Å². The van der Waals surface area contributed by atoms with Gasteiger partial charge in [0.2, 0.25) is 0 Å². The van der Waals surface area contributed by atoms with Crippen molar-refractivity contribution in [2.75, 3.05) is 7.11 Å². The molecule has 1 heterocycles. The highest BCUT2D eigenvalue weighted by Crippen LogP contribution is 2.71. The van der Waals surface area contributed by atoms with E-state index in [1.54, 1.807) is 6.07 Å². The van der Waals surface area contributed by atoms with Gasteiger partial charge in [0, 0.05) is 17.4 Å². The topological polar surface area (TPSA) is 97.0 Å². The Balaban J connectivity index is 1.56. The molecule has 4 saturated carbocycles. The first-order chi connectivity index (χ1) is 15.1. The maximum Gasteiger partial charge on any atom is 0.335 e. The van der Waals surface area contributed by atoms with Crippen molar-refractivity contribution in [3.8, 4) is 0 Å². The van der Waals surface area contributed by atoms with Gasteiger partial charge in [0.1, 0.15) is 0 Å². The largest absolute Gasteiger partial charge is 0.469 e. The molecule has 0 amide bonds. The van der Waals surface area contributed by atoms with E-state index in [9.17, 15) is 19.8 Å². The minimum absolute atomic E-state index is 0.116. The average molecular weight is 445 g/mol. The SMILES string of the molecule is COC(=O)[C@H]1C[C@@]2(O)[C@@H]3CC[C@@H]4C[C@@H](O)CC[C@]4(C)[C@H]3CC[C@]2(C)[C@H]1c1ccc(=O)oc1. The number of carbonyl (C=O) groups excluding carboxylic acids is 1. The van der Waals surface area contributed by atoms with Gasteiger partial charge in [-0.3, -0.25) is 4.79 Å². The molecule has 4 fully saturated rings. The van der Waals surface area contributed by atoms with Gasteiger partial charge in [-0.05, 0) is 86.2 Å². The van der Waals surface area contributed by atoms with Crippen molar-refractivity contribution in [1.29, 1.82) is 0 Å². The molecule has 6 heteroatoms. The fraction of sp³-hybridized carbons (Fsp3) is 0.769. The first-order valence-electron chi connectivity index (χ1n) is 12.2. The molecule has 0 aliphatic heterocycles. The van der Waals surface area contributed by atoms with Crippen LogP contribution in [0, 0.1) is 34.5 Å². The Morgan fingerprint density at radius 2 is 1.91 bits per heavy atom. The first kappa shape index (κ1) is 22.1. The molecule has 176 valence electrons. The second kappa shape index (κ2) is 7.42. The lowest BCUT2D eigenvalue weighted by atomic mass is 9.43. The van der Waals surface area contributed by atoms with E-state index in [1.807, 2.05) is 0 Å². The minimum atomic E-state index is -0.986. The molecule has 9 atom stereocenters. The molecule has 1 aromatic heterocycles. The molecular formula is C26H36O6. The summed E-state index contributed by atoms with van der Waals surface area (Å²) in [6.07, 6.45) is 8.11. The van der Waals surface area contributed by atoms with Crippen LogP contribution in [0.2, 0.25) is 0 Å². The number of carbonyl (C=O) groups is 1. The Kier molecular flexibility index (Phi) is 5.14. The van der Waals surface area contributed by atoms with Crippen LogP contribution in [0.15, 0.2) is 27.6 Å². The molecule has 1 aromatic rings. The number of hydrogen-bond acceptors (Lipinski definition) is 6. The number of ether oxygens (including phenoxy) is 1. The van der Waals surface area contributed by atoms with Gasteiger partial charge in [-0.25, -0.2) is 4.79 Å².